The summed E-state index contributed by atoms with van der Waals surface area (Å²) >= 11 is 5.98. The van der Waals surface area contributed by atoms with Gasteiger partial charge in [0, 0.05) is 16.7 Å². The number of benzene rings is 1. The van der Waals surface area contributed by atoms with E-state index in [-0.39, 0.29) is 0 Å². The lowest BCUT2D eigenvalue weighted by Gasteiger charge is -2.02. The van der Waals surface area contributed by atoms with Gasteiger partial charge in [-0.3, -0.25) is 0 Å². The van der Waals surface area contributed by atoms with Gasteiger partial charge in [-0.15, -0.1) is 0 Å². The fourth-order valence-corrected chi connectivity index (χ4v) is 1.46. The number of hydrogen-bond acceptors (Lipinski definition) is 3. The molecule has 0 saturated carbocycles. The standard InChI is InChI=1S/C10H9ClN2O/c1-6-7(3-2-4-8(6)11)9-5-10(12)13-14-9/h2-5H,1H3,(H2,12,13). The molecule has 0 fully saturated rings. The van der Waals surface area contributed by atoms with Gasteiger partial charge < -0.3 is 10.3 Å². The summed E-state index contributed by atoms with van der Waals surface area (Å²) in [6.07, 6.45) is 0. The number of halogens is 1. The fraction of sp³-hybridized carbons (Fsp3) is 0.100. The summed E-state index contributed by atoms with van der Waals surface area (Å²) < 4.78 is 5.05. The van der Waals surface area contributed by atoms with E-state index in [1.54, 1.807) is 6.07 Å². The molecule has 14 heavy (non-hydrogen) atoms. The average Bonchev–Trinajstić information content (AvgIpc) is 2.57. The molecule has 2 aromatic rings. The van der Waals surface area contributed by atoms with Crippen LogP contribution in [0.1, 0.15) is 5.56 Å². The molecular formula is C10H9ClN2O. The second kappa shape index (κ2) is 3.35. The highest BCUT2D eigenvalue weighted by atomic mass is 35.5. The van der Waals surface area contributed by atoms with Crippen LogP contribution < -0.4 is 5.73 Å². The number of aromatic nitrogens is 1. The summed E-state index contributed by atoms with van der Waals surface area (Å²) in [5.41, 5.74) is 7.35. The number of nitrogen functional groups attached to an aromatic ring is 1. The Labute approximate surface area is 86.5 Å². The van der Waals surface area contributed by atoms with Crippen molar-refractivity contribution >= 4 is 17.4 Å². The van der Waals surface area contributed by atoms with Crippen LogP contribution in [0.3, 0.4) is 0 Å². The fourth-order valence-electron chi connectivity index (χ4n) is 1.29. The molecule has 0 radical (unpaired) electrons. The minimum absolute atomic E-state index is 0.374. The second-order valence-corrected chi connectivity index (χ2v) is 3.44. The number of rotatable bonds is 1. The van der Waals surface area contributed by atoms with Crippen LogP contribution in [-0.4, -0.2) is 5.16 Å². The summed E-state index contributed by atoms with van der Waals surface area (Å²) in [7, 11) is 0. The zero-order valence-electron chi connectivity index (χ0n) is 7.62. The molecule has 0 saturated heterocycles. The molecule has 4 heteroatoms. The van der Waals surface area contributed by atoms with Gasteiger partial charge in [0.05, 0.1) is 0 Å². The normalized spacial score (nSPS) is 10.4. The Morgan fingerprint density at radius 2 is 2.21 bits per heavy atom. The summed E-state index contributed by atoms with van der Waals surface area (Å²) in [5, 5.41) is 4.33. The first kappa shape index (κ1) is 9.09. The van der Waals surface area contributed by atoms with Crippen molar-refractivity contribution in [1.29, 1.82) is 0 Å². The number of anilines is 1. The van der Waals surface area contributed by atoms with E-state index in [1.807, 2.05) is 25.1 Å². The van der Waals surface area contributed by atoms with Crippen LogP contribution in [0.25, 0.3) is 11.3 Å². The Bertz CT molecular complexity index is 465. The molecule has 0 aliphatic rings. The van der Waals surface area contributed by atoms with E-state index in [2.05, 4.69) is 5.16 Å². The molecule has 0 amide bonds. The lowest BCUT2D eigenvalue weighted by Crippen LogP contribution is -1.82. The van der Waals surface area contributed by atoms with Crippen molar-refractivity contribution in [2.24, 2.45) is 0 Å². The van der Waals surface area contributed by atoms with Crippen molar-refractivity contribution < 1.29 is 4.52 Å². The van der Waals surface area contributed by atoms with Crippen molar-refractivity contribution in [3.63, 3.8) is 0 Å². The molecule has 2 rings (SSSR count). The minimum atomic E-state index is 0.374. The van der Waals surface area contributed by atoms with Gasteiger partial charge in [-0.05, 0) is 18.6 Å². The molecular weight excluding hydrogens is 200 g/mol. The van der Waals surface area contributed by atoms with E-state index in [9.17, 15) is 0 Å². The number of hydrogen-bond donors (Lipinski definition) is 1. The van der Waals surface area contributed by atoms with Crippen LogP contribution in [-0.2, 0) is 0 Å². The smallest absolute Gasteiger partial charge is 0.169 e. The molecule has 0 aliphatic carbocycles. The zero-order valence-corrected chi connectivity index (χ0v) is 8.38. The van der Waals surface area contributed by atoms with Gasteiger partial charge in [0.2, 0.25) is 0 Å². The van der Waals surface area contributed by atoms with Crippen molar-refractivity contribution in [1.82, 2.24) is 5.16 Å². The van der Waals surface area contributed by atoms with Gasteiger partial charge in [0.25, 0.3) is 0 Å². The molecule has 0 unspecified atom stereocenters. The molecule has 0 spiro atoms. The summed E-state index contributed by atoms with van der Waals surface area (Å²) in [4.78, 5) is 0. The van der Waals surface area contributed by atoms with Gasteiger partial charge in [0.1, 0.15) is 0 Å². The third-order valence-electron chi connectivity index (χ3n) is 2.06. The Kier molecular flexibility index (Phi) is 2.17. The highest BCUT2D eigenvalue weighted by Crippen LogP contribution is 2.28. The lowest BCUT2D eigenvalue weighted by atomic mass is 10.1. The monoisotopic (exact) mass is 208 g/mol. The predicted molar refractivity (Wildman–Crippen MR) is 56.1 cm³/mol. The van der Waals surface area contributed by atoms with Crippen molar-refractivity contribution in [3.8, 4) is 11.3 Å². The van der Waals surface area contributed by atoms with Crippen LogP contribution in [0, 0.1) is 6.92 Å². The van der Waals surface area contributed by atoms with Crippen LogP contribution in [0.4, 0.5) is 5.82 Å². The molecule has 1 heterocycles. The van der Waals surface area contributed by atoms with E-state index < -0.39 is 0 Å². The largest absolute Gasteiger partial charge is 0.381 e. The van der Waals surface area contributed by atoms with Crippen molar-refractivity contribution in [2.45, 2.75) is 6.92 Å². The Hall–Kier alpha value is -1.48. The Morgan fingerprint density at radius 1 is 1.43 bits per heavy atom. The molecule has 1 aromatic heterocycles. The van der Waals surface area contributed by atoms with E-state index in [0.29, 0.717) is 16.6 Å². The van der Waals surface area contributed by atoms with E-state index in [0.717, 1.165) is 11.1 Å². The van der Waals surface area contributed by atoms with Crippen LogP contribution in [0.5, 0.6) is 0 Å². The van der Waals surface area contributed by atoms with Crippen LogP contribution >= 0.6 is 11.6 Å². The first-order valence-corrected chi connectivity index (χ1v) is 4.54. The molecule has 2 N–H and O–H groups in total. The maximum absolute atomic E-state index is 5.98. The predicted octanol–water partition coefficient (Wildman–Crippen LogP) is 2.89. The second-order valence-electron chi connectivity index (χ2n) is 3.03. The average molecular weight is 209 g/mol. The quantitative estimate of drug-likeness (QED) is 0.784. The maximum Gasteiger partial charge on any atom is 0.169 e. The highest BCUT2D eigenvalue weighted by Gasteiger charge is 2.09. The van der Waals surface area contributed by atoms with Crippen molar-refractivity contribution in [3.05, 3.63) is 34.9 Å². The topological polar surface area (TPSA) is 52.0 Å². The third-order valence-corrected chi connectivity index (χ3v) is 2.47. The molecule has 1 aromatic carbocycles. The lowest BCUT2D eigenvalue weighted by molar-refractivity contribution is 0.435. The number of nitrogens with zero attached hydrogens (tertiary/aromatic N) is 1. The maximum atomic E-state index is 5.98. The van der Waals surface area contributed by atoms with Crippen LogP contribution in [0.15, 0.2) is 28.8 Å². The molecule has 0 atom stereocenters. The molecule has 0 aliphatic heterocycles. The van der Waals surface area contributed by atoms with Gasteiger partial charge >= 0.3 is 0 Å². The zero-order chi connectivity index (χ0) is 10.1. The Balaban J connectivity index is 2.57. The Morgan fingerprint density at radius 3 is 2.86 bits per heavy atom. The van der Waals surface area contributed by atoms with Crippen molar-refractivity contribution in [2.75, 3.05) is 5.73 Å². The minimum Gasteiger partial charge on any atom is -0.381 e. The van der Waals surface area contributed by atoms with E-state index >= 15 is 0 Å². The van der Waals surface area contributed by atoms with Gasteiger partial charge in [-0.25, -0.2) is 0 Å². The highest BCUT2D eigenvalue weighted by molar-refractivity contribution is 6.31. The third kappa shape index (κ3) is 1.46. The SMILES string of the molecule is Cc1c(Cl)cccc1-c1cc(N)no1. The van der Waals surface area contributed by atoms with Gasteiger partial charge in [0.15, 0.2) is 11.6 Å². The first-order valence-electron chi connectivity index (χ1n) is 4.16. The summed E-state index contributed by atoms with van der Waals surface area (Å²) in [6, 6.07) is 7.29. The summed E-state index contributed by atoms with van der Waals surface area (Å²) in [5.74, 6) is 1.02. The van der Waals surface area contributed by atoms with Gasteiger partial charge in [-0.1, -0.05) is 28.9 Å². The summed E-state index contributed by atoms with van der Waals surface area (Å²) in [6.45, 7) is 1.93. The molecule has 3 nitrogen and oxygen atoms in total. The number of nitrogens with two attached hydrogens (primary N) is 1. The van der Waals surface area contributed by atoms with Gasteiger partial charge in [-0.2, -0.15) is 0 Å². The van der Waals surface area contributed by atoms with E-state index in [1.165, 1.54) is 0 Å². The van der Waals surface area contributed by atoms with Crippen LogP contribution in [0.2, 0.25) is 5.02 Å². The van der Waals surface area contributed by atoms with E-state index in [4.69, 9.17) is 21.9 Å². The first-order chi connectivity index (χ1) is 6.68. The molecule has 0 bridgehead atoms. The molecule has 72 valence electrons.